The second-order valence-corrected chi connectivity index (χ2v) is 7.32. The van der Waals surface area contributed by atoms with Gasteiger partial charge < -0.3 is 9.88 Å². The normalized spacial score (nSPS) is 18.4. The Morgan fingerprint density at radius 2 is 2.19 bits per heavy atom. The molecule has 1 atom stereocenters. The van der Waals surface area contributed by atoms with Crippen molar-refractivity contribution in [3.8, 4) is 0 Å². The summed E-state index contributed by atoms with van der Waals surface area (Å²) in [5, 5.41) is 6.40. The van der Waals surface area contributed by atoms with Crippen LogP contribution in [0.4, 0.5) is 0 Å². The van der Waals surface area contributed by atoms with E-state index in [4.69, 9.17) is 0 Å². The van der Waals surface area contributed by atoms with Crippen LogP contribution in [0.25, 0.3) is 10.9 Å². The van der Waals surface area contributed by atoms with Crippen molar-refractivity contribution in [2.75, 3.05) is 19.3 Å². The van der Waals surface area contributed by atoms with Gasteiger partial charge in [0.1, 0.15) is 0 Å². The Morgan fingerprint density at radius 1 is 1.38 bits per heavy atom. The summed E-state index contributed by atoms with van der Waals surface area (Å²) < 4.78 is 2.59. The maximum atomic E-state index is 3.39. The first kappa shape index (κ1) is 15.0. The van der Waals surface area contributed by atoms with E-state index in [-0.39, 0.29) is 0 Å². The number of rotatable bonds is 4. The van der Waals surface area contributed by atoms with Crippen molar-refractivity contribution in [3.63, 3.8) is 0 Å². The number of fused-ring (bicyclic) bond motifs is 3. The summed E-state index contributed by atoms with van der Waals surface area (Å²) >= 11 is 2.05. The summed E-state index contributed by atoms with van der Waals surface area (Å²) in [7, 11) is 2.07. The molecule has 0 fully saturated rings. The lowest BCUT2D eigenvalue weighted by atomic mass is 9.94. The lowest BCUT2D eigenvalue weighted by molar-refractivity contribution is 0.545. The molecule has 1 aliphatic rings. The number of para-hydroxylation sites is 1. The van der Waals surface area contributed by atoms with E-state index in [9.17, 15) is 0 Å². The third-order valence-corrected chi connectivity index (χ3v) is 5.69. The number of aryl methyl sites for hydroxylation is 1. The molecule has 0 spiro atoms. The minimum absolute atomic E-state index is 0.518. The van der Waals surface area contributed by atoms with Crippen LogP contribution in [-0.4, -0.2) is 23.9 Å². The molecule has 3 rings (SSSR count). The van der Waals surface area contributed by atoms with Crippen LogP contribution in [0.5, 0.6) is 0 Å². The van der Waals surface area contributed by atoms with E-state index in [0.717, 1.165) is 13.0 Å². The second kappa shape index (κ2) is 6.05. The highest BCUT2D eigenvalue weighted by molar-refractivity contribution is 7.99. The van der Waals surface area contributed by atoms with E-state index in [1.54, 1.807) is 5.56 Å². The molecule has 0 saturated heterocycles. The van der Waals surface area contributed by atoms with Crippen LogP contribution in [0, 0.1) is 0 Å². The number of aromatic nitrogens is 1. The molecule has 1 aromatic heterocycles. The molecule has 2 heterocycles. The first-order valence-corrected chi connectivity index (χ1v) is 9.10. The summed E-state index contributed by atoms with van der Waals surface area (Å²) in [6.45, 7) is 7.98. The van der Waals surface area contributed by atoms with E-state index in [1.165, 1.54) is 33.7 Å². The number of hydrogen-bond acceptors (Lipinski definition) is 2. The monoisotopic (exact) mass is 302 g/mol. The average Bonchev–Trinajstić information content (AvgIpc) is 2.83. The number of nitrogens with one attached hydrogen (secondary N) is 1. The standard InChI is InChI=1S/C18H26N2S/c1-5-13-7-6-8-15-16-14(11-19-4)9-10-21-18(16)20(12(2)3)17(13)15/h6-8,12,14,19H,5,9-11H2,1-4H3. The van der Waals surface area contributed by atoms with Gasteiger partial charge in [-0.25, -0.2) is 0 Å². The van der Waals surface area contributed by atoms with Crippen molar-refractivity contribution >= 4 is 22.7 Å². The van der Waals surface area contributed by atoms with Crippen molar-refractivity contribution in [1.82, 2.24) is 9.88 Å². The average molecular weight is 302 g/mol. The van der Waals surface area contributed by atoms with Crippen LogP contribution >= 0.6 is 11.8 Å². The molecular weight excluding hydrogens is 276 g/mol. The Labute approximate surface area is 132 Å². The zero-order valence-electron chi connectivity index (χ0n) is 13.6. The molecule has 0 bridgehead atoms. The molecule has 1 unspecified atom stereocenters. The molecule has 0 radical (unpaired) electrons. The van der Waals surface area contributed by atoms with Crippen LogP contribution in [0.3, 0.4) is 0 Å². The van der Waals surface area contributed by atoms with Gasteiger partial charge in [0.05, 0.1) is 10.5 Å². The van der Waals surface area contributed by atoms with Gasteiger partial charge in [-0.2, -0.15) is 0 Å². The van der Waals surface area contributed by atoms with Gasteiger partial charge in [0.15, 0.2) is 0 Å². The summed E-state index contributed by atoms with van der Waals surface area (Å²) in [4.78, 5) is 0. The first-order valence-electron chi connectivity index (χ1n) is 8.12. The molecule has 2 nitrogen and oxygen atoms in total. The summed E-state index contributed by atoms with van der Waals surface area (Å²) in [5.41, 5.74) is 4.56. The van der Waals surface area contributed by atoms with E-state index < -0.39 is 0 Å². The van der Waals surface area contributed by atoms with Crippen molar-refractivity contribution in [2.24, 2.45) is 0 Å². The lowest BCUT2D eigenvalue weighted by Crippen LogP contribution is -2.20. The Hall–Kier alpha value is -0.930. The summed E-state index contributed by atoms with van der Waals surface area (Å²) in [5.74, 6) is 1.89. The van der Waals surface area contributed by atoms with Crippen LogP contribution in [0.1, 0.15) is 50.3 Å². The minimum Gasteiger partial charge on any atom is -0.333 e. The largest absolute Gasteiger partial charge is 0.333 e. The Morgan fingerprint density at radius 3 is 2.86 bits per heavy atom. The fraction of sp³-hybridized carbons (Fsp3) is 0.556. The molecule has 1 aliphatic heterocycles. The SMILES string of the molecule is CCc1cccc2c3c(n(C(C)C)c12)SCCC3CNC. The molecule has 2 aromatic rings. The van der Waals surface area contributed by atoms with Gasteiger partial charge in [-0.05, 0) is 44.9 Å². The molecule has 1 aromatic carbocycles. The Kier molecular flexibility index (Phi) is 4.32. The molecule has 114 valence electrons. The van der Waals surface area contributed by atoms with Crippen molar-refractivity contribution in [2.45, 2.75) is 50.6 Å². The first-order chi connectivity index (χ1) is 10.2. The third kappa shape index (κ3) is 2.40. The molecule has 0 saturated carbocycles. The fourth-order valence-electron chi connectivity index (χ4n) is 3.65. The molecule has 0 aliphatic carbocycles. The van der Waals surface area contributed by atoms with Gasteiger partial charge in [0.25, 0.3) is 0 Å². The number of thioether (sulfide) groups is 1. The number of likely N-dealkylation sites (N-methyl/N-ethyl adjacent to an activating group) is 1. The van der Waals surface area contributed by atoms with Crippen molar-refractivity contribution in [1.29, 1.82) is 0 Å². The van der Waals surface area contributed by atoms with E-state index in [1.807, 2.05) is 0 Å². The van der Waals surface area contributed by atoms with Gasteiger partial charge in [-0.1, -0.05) is 25.1 Å². The number of nitrogens with zero attached hydrogens (tertiary/aromatic N) is 1. The number of benzene rings is 1. The highest BCUT2D eigenvalue weighted by Gasteiger charge is 2.29. The Bertz CT molecular complexity index is 642. The smallest absolute Gasteiger partial charge is 0.0797 e. The van der Waals surface area contributed by atoms with Crippen LogP contribution in [0.15, 0.2) is 23.2 Å². The third-order valence-electron chi connectivity index (χ3n) is 4.56. The Balaban J connectivity index is 2.33. The number of hydrogen-bond donors (Lipinski definition) is 1. The highest BCUT2D eigenvalue weighted by Crippen LogP contribution is 2.45. The zero-order chi connectivity index (χ0) is 15.0. The van der Waals surface area contributed by atoms with Crippen molar-refractivity contribution in [3.05, 3.63) is 29.3 Å². The highest BCUT2D eigenvalue weighted by atomic mass is 32.2. The van der Waals surface area contributed by atoms with Crippen LogP contribution < -0.4 is 5.32 Å². The van der Waals surface area contributed by atoms with Crippen LogP contribution in [0.2, 0.25) is 0 Å². The topological polar surface area (TPSA) is 17.0 Å². The summed E-state index contributed by atoms with van der Waals surface area (Å²) in [6, 6.07) is 7.39. The molecule has 21 heavy (non-hydrogen) atoms. The quantitative estimate of drug-likeness (QED) is 0.890. The minimum atomic E-state index is 0.518. The van der Waals surface area contributed by atoms with Gasteiger partial charge in [0, 0.05) is 29.6 Å². The second-order valence-electron chi connectivity index (χ2n) is 6.24. The summed E-state index contributed by atoms with van der Waals surface area (Å²) in [6.07, 6.45) is 2.39. The molecular formula is C18H26N2S. The lowest BCUT2D eigenvalue weighted by Gasteiger charge is -2.24. The molecule has 0 amide bonds. The fourth-order valence-corrected chi connectivity index (χ4v) is 5.12. The molecule has 3 heteroatoms. The van der Waals surface area contributed by atoms with E-state index in [2.05, 4.69) is 67.7 Å². The zero-order valence-corrected chi connectivity index (χ0v) is 14.4. The maximum absolute atomic E-state index is 3.39. The van der Waals surface area contributed by atoms with Crippen LogP contribution in [-0.2, 0) is 6.42 Å². The van der Waals surface area contributed by atoms with Gasteiger partial charge in [-0.15, -0.1) is 11.8 Å². The van der Waals surface area contributed by atoms with E-state index >= 15 is 0 Å². The predicted molar refractivity (Wildman–Crippen MR) is 93.7 cm³/mol. The van der Waals surface area contributed by atoms with Gasteiger partial charge in [-0.3, -0.25) is 0 Å². The van der Waals surface area contributed by atoms with Gasteiger partial charge in [0.2, 0.25) is 0 Å². The van der Waals surface area contributed by atoms with Gasteiger partial charge >= 0.3 is 0 Å². The van der Waals surface area contributed by atoms with Crippen molar-refractivity contribution < 1.29 is 0 Å². The maximum Gasteiger partial charge on any atom is 0.0797 e. The predicted octanol–water partition coefficient (Wildman–Crippen LogP) is 4.58. The molecule has 1 N–H and O–H groups in total. The van der Waals surface area contributed by atoms with E-state index in [0.29, 0.717) is 12.0 Å².